The van der Waals surface area contributed by atoms with E-state index in [0.717, 1.165) is 37.0 Å². The van der Waals surface area contributed by atoms with Crippen molar-refractivity contribution in [3.05, 3.63) is 23.8 Å². The molecule has 4 bridgehead atoms. The molecule has 6 rings (SSSR count). The Hall–Kier alpha value is -0.600. The number of aliphatic hydroxyl groups is 2. The van der Waals surface area contributed by atoms with Crippen LogP contribution in [0.15, 0.2) is 23.8 Å². The normalized spacial score (nSPS) is 53.5. The van der Waals surface area contributed by atoms with Gasteiger partial charge in [0, 0.05) is 10.8 Å². The molecule has 2 atom stereocenters. The fourth-order valence-corrected chi connectivity index (χ4v) is 7.64. The quantitative estimate of drug-likeness (QED) is 0.831. The molecular formula is C21H30O2. The van der Waals surface area contributed by atoms with Crippen molar-refractivity contribution in [2.75, 3.05) is 13.2 Å². The summed E-state index contributed by atoms with van der Waals surface area (Å²) in [5, 5.41) is 20.3. The maximum Gasteiger partial charge on any atom is 0.0531 e. The Morgan fingerprint density at radius 2 is 1.43 bits per heavy atom. The first kappa shape index (κ1) is 14.7. The van der Waals surface area contributed by atoms with Crippen LogP contribution in [-0.2, 0) is 0 Å². The molecule has 0 amide bonds. The lowest BCUT2D eigenvalue weighted by Crippen LogP contribution is -2.49. The smallest absolute Gasteiger partial charge is 0.0531 e. The predicted octanol–water partition coefficient (Wildman–Crippen LogP) is 3.84. The average molecular weight is 314 g/mol. The second kappa shape index (κ2) is 4.73. The van der Waals surface area contributed by atoms with Gasteiger partial charge in [0.1, 0.15) is 0 Å². The molecule has 23 heavy (non-hydrogen) atoms. The van der Waals surface area contributed by atoms with Gasteiger partial charge >= 0.3 is 0 Å². The van der Waals surface area contributed by atoms with Gasteiger partial charge in [-0.15, -0.1) is 0 Å². The maximum atomic E-state index is 10.3. The Labute approximate surface area is 139 Å². The number of rotatable bonds is 3. The lowest BCUT2D eigenvalue weighted by molar-refractivity contribution is -0.0321. The van der Waals surface area contributed by atoms with Gasteiger partial charge in [-0.3, -0.25) is 0 Å². The summed E-state index contributed by atoms with van der Waals surface area (Å²) in [5.74, 6) is 2.86. The minimum absolute atomic E-state index is 0.175. The van der Waals surface area contributed by atoms with Crippen LogP contribution in [0.4, 0.5) is 0 Å². The molecule has 126 valence electrons. The summed E-state index contributed by atoms with van der Waals surface area (Å²) in [6.45, 7) is 0.364. The number of hydrogen-bond donors (Lipinski definition) is 2. The van der Waals surface area contributed by atoms with Crippen molar-refractivity contribution in [1.82, 2.24) is 0 Å². The Kier molecular flexibility index (Phi) is 3.03. The molecule has 5 saturated carbocycles. The number of aliphatic hydroxyl groups excluding tert-OH is 2. The van der Waals surface area contributed by atoms with Crippen LogP contribution in [0.5, 0.6) is 0 Å². The third kappa shape index (κ3) is 1.83. The summed E-state index contributed by atoms with van der Waals surface area (Å²) in [4.78, 5) is 0. The van der Waals surface area contributed by atoms with E-state index >= 15 is 0 Å². The van der Waals surface area contributed by atoms with E-state index in [0.29, 0.717) is 5.41 Å². The molecule has 0 aromatic carbocycles. The van der Waals surface area contributed by atoms with Crippen molar-refractivity contribution in [3.8, 4) is 0 Å². The van der Waals surface area contributed by atoms with Crippen LogP contribution in [0.2, 0.25) is 0 Å². The molecular weight excluding hydrogens is 284 g/mol. The summed E-state index contributed by atoms with van der Waals surface area (Å²) < 4.78 is 0. The van der Waals surface area contributed by atoms with E-state index in [1.54, 1.807) is 0 Å². The molecule has 0 spiro atoms. The molecule has 0 saturated heterocycles. The summed E-state index contributed by atoms with van der Waals surface area (Å²) in [6, 6.07) is 0. The molecule has 2 N–H and O–H groups in total. The molecule has 2 nitrogen and oxygen atoms in total. The largest absolute Gasteiger partial charge is 0.395 e. The summed E-state index contributed by atoms with van der Waals surface area (Å²) in [7, 11) is 0. The zero-order valence-electron chi connectivity index (χ0n) is 14.1. The third-order valence-electron chi connectivity index (χ3n) is 8.47. The highest BCUT2D eigenvalue weighted by Gasteiger charge is 2.57. The monoisotopic (exact) mass is 314 g/mol. The van der Waals surface area contributed by atoms with Crippen LogP contribution < -0.4 is 0 Å². The SMILES string of the molecule is OC[C@]12C=CC(C34CC5CC(CC(C5)C3)C4)=C[C@@]1(CO)CCC2. The van der Waals surface area contributed by atoms with Crippen molar-refractivity contribution >= 4 is 0 Å². The van der Waals surface area contributed by atoms with Gasteiger partial charge in [0.2, 0.25) is 0 Å². The summed E-state index contributed by atoms with van der Waals surface area (Å²) >= 11 is 0. The van der Waals surface area contributed by atoms with Gasteiger partial charge in [-0.2, -0.15) is 0 Å². The average Bonchev–Trinajstić information content (AvgIpc) is 2.93. The minimum atomic E-state index is -0.201. The lowest BCUT2D eigenvalue weighted by Gasteiger charge is -2.58. The van der Waals surface area contributed by atoms with E-state index in [9.17, 15) is 10.2 Å². The van der Waals surface area contributed by atoms with Gasteiger partial charge in [-0.05, 0) is 80.1 Å². The molecule has 0 aromatic heterocycles. The second-order valence-corrected chi connectivity index (χ2v) is 9.61. The van der Waals surface area contributed by atoms with E-state index in [1.165, 1.54) is 44.1 Å². The van der Waals surface area contributed by atoms with Crippen LogP contribution >= 0.6 is 0 Å². The maximum absolute atomic E-state index is 10.3. The third-order valence-corrected chi connectivity index (χ3v) is 8.47. The van der Waals surface area contributed by atoms with Crippen molar-refractivity contribution in [1.29, 1.82) is 0 Å². The van der Waals surface area contributed by atoms with Gasteiger partial charge < -0.3 is 10.2 Å². The molecule has 0 aromatic rings. The summed E-state index contributed by atoms with van der Waals surface area (Å²) in [5.41, 5.74) is 1.52. The first-order valence-corrected chi connectivity index (χ1v) is 9.77. The minimum Gasteiger partial charge on any atom is -0.395 e. The second-order valence-electron chi connectivity index (χ2n) is 9.61. The van der Waals surface area contributed by atoms with Crippen LogP contribution in [0.3, 0.4) is 0 Å². The van der Waals surface area contributed by atoms with E-state index in [2.05, 4.69) is 18.2 Å². The highest BCUT2D eigenvalue weighted by atomic mass is 16.3. The van der Waals surface area contributed by atoms with E-state index in [4.69, 9.17) is 0 Å². The number of allylic oxidation sites excluding steroid dienone is 2. The van der Waals surface area contributed by atoms with Crippen molar-refractivity contribution in [2.24, 2.45) is 34.0 Å². The Morgan fingerprint density at radius 1 is 0.870 bits per heavy atom. The van der Waals surface area contributed by atoms with Crippen LogP contribution in [0.25, 0.3) is 0 Å². The Morgan fingerprint density at radius 3 is 2.00 bits per heavy atom. The highest BCUT2D eigenvalue weighted by Crippen LogP contribution is 2.65. The number of hydrogen-bond acceptors (Lipinski definition) is 2. The zero-order chi connectivity index (χ0) is 15.7. The van der Waals surface area contributed by atoms with Crippen molar-refractivity contribution < 1.29 is 10.2 Å². The van der Waals surface area contributed by atoms with Gasteiger partial charge in [0.25, 0.3) is 0 Å². The van der Waals surface area contributed by atoms with E-state index < -0.39 is 0 Å². The van der Waals surface area contributed by atoms with Gasteiger partial charge in [-0.25, -0.2) is 0 Å². The van der Waals surface area contributed by atoms with Crippen molar-refractivity contribution in [3.63, 3.8) is 0 Å². The zero-order valence-corrected chi connectivity index (χ0v) is 14.1. The Balaban J connectivity index is 1.56. The molecule has 0 radical (unpaired) electrons. The van der Waals surface area contributed by atoms with Crippen LogP contribution in [0, 0.1) is 34.0 Å². The van der Waals surface area contributed by atoms with Gasteiger partial charge in [0.15, 0.2) is 0 Å². The lowest BCUT2D eigenvalue weighted by atomic mass is 9.46. The van der Waals surface area contributed by atoms with E-state index in [-0.39, 0.29) is 24.0 Å². The van der Waals surface area contributed by atoms with Gasteiger partial charge in [-0.1, -0.05) is 24.6 Å². The van der Waals surface area contributed by atoms with Crippen LogP contribution in [0.1, 0.15) is 57.8 Å². The molecule has 6 aliphatic rings. The first-order valence-electron chi connectivity index (χ1n) is 9.77. The molecule has 5 fully saturated rings. The highest BCUT2D eigenvalue weighted by molar-refractivity contribution is 5.40. The number of fused-ring (bicyclic) bond motifs is 1. The predicted molar refractivity (Wildman–Crippen MR) is 90.7 cm³/mol. The standard InChI is InChI=1S/C21H30O2/c22-13-20-3-1-4-21(20,14-23)12-18(2-5-20)19-9-15-6-16(10-19)8-17(7-15)11-19/h2,5,12,15-17,22-23H,1,3-4,6-11,13-14H2/t15?,16?,17?,19?,20-,21+/m0/s1. The molecule has 0 unspecified atom stereocenters. The van der Waals surface area contributed by atoms with Gasteiger partial charge in [0.05, 0.1) is 13.2 Å². The first-order chi connectivity index (χ1) is 11.1. The summed E-state index contributed by atoms with van der Waals surface area (Å²) in [6.07, 6.45) is 18.8. The molecule has 0 heterocycles. The fourth-order valence-electron chi connectivity index (χ4n) is 7.64. The molecule has 0 aliphatic heterocycles. The van der Waals surface area contributed by atoms with Crippen LogP contribution in [-0.4, -0.2) is 23.4 Å². The molecule has 6 aliphatic carbocycles. The fraction of sp³-hybridized carbons (Fsp3) is 0.810. The van der Waals surface area contributed by atoms with Crippen molar-refractivity contribution in [2.45, 2.75) is 57.8 Å². The molecule has 2 heteroatoms. The Bertz CT molecular complexity index is 539. The topological polar surface area (TPSA) is 40.5 Å². The van der Waals surface area contributed by atoms with E-state index in [1.807, 2.05) is 0 Å².